The van der Waals surface area contributed by atoms with E-state index in [9.17, 15) is 42.7 Å². The van der Waals surface area contributed by atoms with Crippen LogP contribution in [0.25, 0.3) is 10.4 Å². The molecule has 5 unspecified atom stereocenters. The number of amides is 2. The first kappa shape index (κ1) is 47.2. The van der Waals surface area contributed by atoms with Crippen LogP contribution in [0, 0.1) is 11.8 Å². The number of carbonyl (C=O) groups is 2. The van der Waals surface area contributed by atoms with E-state index in [1.807, 2.05) is 13.8 Å². The average Bonchev–Trinajstić information content (AvgIpc) is 3.59. The Morgan fingerprint density at radius 1 is 1.16 bits per heavy atom. The highest BCUT2D eigenvalue weighted by Gasteiger charge is 2.40. The third kappa shape index (κ3) is 17.5. The Labute approximate surface area is 324 Å². The van der Waals surface area contributed by atoms with Crippen molar-refractivity contribution in [3.05, 3.63) is 72.9 Å². The highest BCUT2D eigenvalue weighted by atomic mass is 31.3. The second-order valence-electron chi connectivity index (χ2n) is 12.0. The summed E-state index contributed by atoms with van der Waals surface area (Å²) in [6, 6.07) is 6.45. The molecular formula is C30H42N7O17P3. The van der Waals surface area contributed by atoms with Crippen molar-refractivity contribution in [2.24, 2.45) is 5.11 Å². The number of aromatic amines is 1. The minimum atomic E-state index is -5.46. The normalized spacial score (nSPS) is 19.3. The topological polar surface area (TPSA) is 338 Å². The third-order valence-corrected chi connectivity index (χ3v) is 11.4. The molecule has 314 valence electrons. The number of phosphoric ester groups is 1. The molecule has 1 aromatic carbocycles. The van der Waals surface area contributed by atoms with Gasteiger partial charge < -0.3 is 44.3 Å². The van der Waals surface area contributed by atoms with E-state index in [1.54, 1.807) is 24.3 Å². The summed E-state index contributed by atoms with van der Waals surface area (Å²) in [5.74, 6) is 4.64. The van der Waals surface area contributed by atoms with Crippen molar-refractivity contribution in [2.45, 2.75) is 57.7 Å². The predicted octanol–water partition coefficient (Wildman–Crippen LogP) is 2.02. The summed E-state index contributed by atoms with van der Waals surface area (Å²) in [7, 11) is -15.3. The summed E-state index contributed by atoms with van der Waals surface area (Å²) in [4.78, 5) is 82.4. The average molecular weight is 866 g/mol. The molecular weight excluding hydrogens is 823 g/mol. The van der Waals surface area contributed by atoms with Gasteiger partial charge in [0.25, 0.3) is 11.5 Å². The molecule has 2 aromatic rings. The zero-order chi connectivity index (χ0) is 42.2. The molecule has 0 radical (unpaired) electrons. The van der Waals surface area contributed by atoms with E-state index in [2.05, 4.69) is 50.6 Å². The number of hydrogen-bond acceptors (Lipinski definition) is 15. The number of aromatic nitrogens is 2. The number of nitrogens with one attached hydrogen (secondary N) is 3. The highest BCUT2D eigenvalue weighted by Crippen LogP contribution is 2.66. The lowest BCUT2D eigenvalue weighted by Crippen LogP contribution is -2.34. The fourth-order valence-electron chi connectivity index (χ4n) is 4.56. The van der Waals surface area contributed by atoms with Gasteiger partial charge in [0.15, 0.2) is 6.23 Å². The van der Waals surface area contributed by atoms with E-state index < -0.39 is 65.6 Å². The van der Waals surface area contributed by atoms with Crippen molar-refractivity contribution in [3.8, 4) is 17.6 Å². The van der Waals surface area contributed by atoms with Crippen LogP contribution in [-0.2, 0) is 45.8 Å². The molecule has 1 fully saturated rings. The molecule has 7 atom stereocenters. The Morgan fingerprint density at radius 2 is 1.91 bits per heavy atom. The summed E-state index contributed by atoms with van der Waals surface area (Å²) in [6.45, 7) is 2.83. The fraction of sp³-hybridized carbons (Fsp3) is 0.533. The van der Waals surface area contributed by atoms with E-state index >= 15 is 0 Å². The molecule has 2 heterocycles. The Morgan fingerprint density at radius 3 is 2.61 bits per heavy atom. The Bertz CT molecular complexity index is 2090. The lowest BCUT2D eigenvalue weighted by Gasteiger charge is -2.19. The van der Waals surface area contributed by atoms with Gasteiger partial charge in [0.2, 0.25) is 5.91 Å². The smallest absolute Gasteiger partial charge is 0.488 e. The van der Waals surface area contributed by atoms with E-state index in [0.717, 1.165) is 17.2 Å². The van der Waals surface area contributed by atoms with Gasteiger partial charge in [-0.25, -0.2) is 18.2 Å². The monoisotopic (exact) mass is 865 g/mol. The zero-order valence-corrected chi connectivity index (χ0v) is 33.4. The molecule has 27 heteroatoms. The van der Waals surface area contributed by atoms with Gasteiger partial charge in [0.05, 0.1) is 32.5 Å². The Kier molecular flexibility index (Phi) is 18.3. The van der Waals surface area contributed by atoms with Crippen molar-refractivity contribution in [2.75, 3.05) is 46.2 Å². The van der Waals surface area contributed by atoms with Gasteiger partial charge >= 0.3 is 28.9 Å². The largest absolute Gasteiger partial charge is 0.491 e. The van der Waals surface area contributed by atoms with E-state index in [4.69, 9.17) is 29.4 Å². The first-order chi connectivity index (χ1) is 26.8. The van der Waals surface area contributed by atoms with Gasteiger partial charge in [-0.2, -0.15) is 4.31 Å². The number of H-pyrrole nitrogens is 1. The number of hydrogen-bond donors (Lipinski definition) is 6. The van der Waals surface area contributed by atoms with Crippen LogP contribution in [0.5, 0.6) is 5.75 Å². The molecule has 1 aliphatic rings. The molecule has 2 amide bonds. The van der Waals surface area contributed by atoms with Crippen molar-refractivity contribution in [1.82, 2.24) is 20.2 Å². The van der Waals surface area contributed by atoms with E-state index in [-0.39, 0.29) is 63.3 Å². The van der Waals surface area contributed by atoms with Crippen molar-refractivity contribution >= 4 is 35.1 Å². The number of rotatable bonds is 22. The quantitative estimate of drug-likeness (QED) is 0.0246. The molecule has 0 aliphatic carbocycles. The second kappa shape index (κ2) is 22.1. The Balaban J connectivity index is 1.41. The predicted molar refractivity (Wildman–Crippen MR) is 197 cm³/mol. The van der Waals surface area contributed by atoms with Crippen LogP contribution in [0.3, 0.4) is 0 Å². The molecule has 24 nitrogen and oxygen atoms in total. The van der Waals surface area contributed by atoms with E-state index in [1.165, 1.54) is 0 Å². The van der Waals surface area contributed by atoms with Crippen molar-refractivity contribution < 1.29 is 70.1 Å². The third-order valence-electron chi connectivity index (χ3n) is 7.27. The van der Waals surface area contributed by atoms with Gasteiger partial charge in [-0.15, -0.1) is 0 Å². The number of ether oxygens (including phenoxy) is 4. The molecule has 3 rings (SSSR count). The lowest BCUT2D eigenvalue weighted by molar-refractivity contribution is -0.126. The van der Waals surface area contributed by atoms with E-state index in [0.29, 0.717) is 18.0 Å². The van der Waals surface area contributed by atoms with Crippen LogP contribution in [0.2, 0.25) is 0 Å². The molecule has 0 bridgehead atoms. The molecule has 0 saturated carbocycles. The SMILES string of the molecule is CCC(C)NC(=O)c1cccc(OCC(N=[N+]=[N-])OCCOCC(=O)NCC#Cc2cn([C@H]3CC[C@@H](COP(=O)(O)OP(=O)(O)OP(C)(=O)O)O3)c(=O)[nH]c2=O)c1. The van der Waals surface area contributed by atoms with Crippen molar-refractivity contribution in [3.63, 3.8) is 0 Å². The van der Waals surface area contributed by atoms with Crippen LogP contribution in [0.1, 0.15) is 55.3 Å². The molecule has 1 saturated heterocycles. The maximum absolute atomic E-state index is 12.5. The van der Waals surface area contributed by atoms with Gasteiger partial charge in [0, 0.05) is 29.4 Å². The Hall–Kier alpha value is -4.16. The number of azide groups is 1. The lowest BCUT2D eigenvalue weighted by atomic mass is 10.2. The van der Waals surface area contributed by atoms with Crippen LogP contribution < -0.4 is 26.6 Å². The van der Waals surface area contributed by atoms with Gasteiger partial charge in [0.1, 0.15) is 30.8 Å². The van der Waals surface area contributed by atoms with Gasteiger partial charge in [-0.05, 0) is 49.9 Å². The maximum Gasteiger partial charge on any atom is 0.488 e. The van der Waals surface area contributed by atoms with Crippen molar-refractivity contribution in [1.29, 1.82) is 0 Å². The first-order valence-electron chi connectivity index (χ1n) is 16.9. The zero-order valence-electron chi connectivity index (χ0n) is 30.7. The molecule has 6 N–H and O–H groups in total. The number of carbonyl (C=O) groups excluding carboxylic acids is 2. The molecule has 57 heavy (non-hydrogen) atoms. The fourth-order valence-corrected chi connectivity index (χ4v) is 8.06. The summed E-state index contributed by atoms with van der Waals surface area (Å²) in [5, 5.41) is 8.84. The summed E-state index contributed by atoms with van der Waals surface area (Å²) >= 11 is 0. The summed E-state index contributed by atoms with van der Waals surface area (Å²) in [5.41, 5.74) is 7.43. The number of phosphoric acid groups is 2. The number of nitrogens with zero attached hydrogens (tertiary/aromatic N) is 4. The first-order valence-corrected chi connectivity index (χ1v) is 21.9. The van der Waals surface area contributed by atoms with Gasteiger partial charge in [-0.1, -0.05) is 29.9 Å². The highest BCUT2D eigenvalue weighted by molar-refractivity contribution is 7.68. The maximum atomic E-state index is 12.5. The van der Waals surface area contributed by atoms with Gasteiger partial charge in [-0.3, -0.25) is 33.0 Å². The van der Waals surface area contributed by atoms with Crippen LogP contribution >= 0.6 is 23.2 Å². The minimum Gasteiger partial charge on any atom is -0.491 e. The summed E-state index contributed by atoms with van der Waals surface area (Å²) < 4.78 is 70.4. The summed E-state index contributed by atoms with van der Waals surface area (Å²) in [6.07, 6.45) is -0.763. The second-order valence-corrected chi connectivity index (χ2v) is 17.0. The minimum absolute atomic E-state index is 0.00342. The van der Waals surface area contributed by atoms with Crippen LogP contribution in [-0.4, -0.2) is 101 Å². The number of benzene rings is 1. The standard InChI is InChI=1S/C30H42N7O17P3/c1-4-20(2)33-28(39)21-7-5-9-23(15-21)50-19-26(35-36-31)49-14-13-48-18-25(38)32-12-6-8-22-16-37(30(41)34-29(22)40)27-11-10-24(52-27)17-51-56(44,45)54-57(46,47)53-55(3,42)43/h5,7,9,15-16,20,24,26-27H,4,10-14,17-19H2,1-3H3,(H,32,38)(H,33,39)(H,42,43)(H,44,45)(H,46,47)(H,34,40,41)/t20?,24-,26?,27+/m0/s1. The van der Waals surface area contributed by atoms with Crippen LogP contribution in [0.4, 0.5) is 0 Å². The molecule has 1 aliphatic heterocycles. The molecule has 0 spiro atoms. The molecule has 1 aromatic heterocycles. The van der Waals surface area contributed by atoms with Crippen LogP contribution in [0.15, 0.2) is 45.2 Å².